The van der Waals surface area contributed by atoms with Crippen LogP contribution in [0.15, 0.2) is 72.4 Å². The third-order valence-electron chi connectivity index (χ3n) is 5.01. The molecule has 0 aromatic heterocycles. The summed E-state index contributed by atoms with van der Waals surface area (Å²) in [5, 5.41) is 13.4. The van der Waals surface area contributed by atoms with E-state index >= 15 is 0 Å². The largest absolute Gasteiger partial charge is 0.487 e. The molecule has 1 aliphatic rings. The summed E-state index contributed by atoms with van der Waals surface area (Å²) in [6, 6.07) is 18.8. The van der Waals surface area contributed by atoms with E-state index < -0.39 is 11.0 Å². The minimum atomic E-state index is -0.451. The summed E-state index contributed by atoms with van der Waals surface area (Å²) in [6.07, 6.45) is 1.65. The third kappa shape index (κ3) is 5.55. The molecule has 172 valence electrons. The predicted octanol–water partition coefficient (Wildman–Crippen LogP) is 5.48. The van der Waals surface area contributed by atoms with Gasteiger partial charge in [-0.3, -0.25) is 19.8 Å². The highest BCUT2D eigenvalue weighted by Crippen LogP contribution is 2.31. The molecular weight excluding hydrogens is 664 g/mol. The normalized spacial score (nSPS) is 14.4. The number of non-ortho nitro benzene ring substituents is 1. The van der Waals surface area contributed by atoms with E-state index in [1.165, 1.54) is 17.0 Å². The quantitative estimate of drug-likeness (QED) is 0.117. The summed E-state index contributed by atoms with van der Waals surface area (Å²) in [5.41, 5.74) is 2.67. The van der Waals surface area contributed by atoms with Gasteiger partial charge in [-0.15, -0.1) is 0 Å². The number of hydrogen-bond donors (Lipinski definition) is 1. The number of carbonyl (C=O) groups excluding carboxylic acids is 2. The molecule has 34 heavy (non-hydrogen) atoms. The monoisotopic (exact) mass is 681 g/mol. The van der Waals surface area contributed by atoms with Crippen molar-refractivity contribution in [1.82, 2.24) is 10.2 Å². The predicted molar refractivity (Wildman–Crippen MR) is 143 cm³/mol. The van der Waals surface area contributed by atoms with E-state index in [4.69, 9.17) is 4.74 Å². The number of nitrogens with one attached hydrogen (secondary N) is 1. The molecule has 1 heterocycles. The number of nitrogens with zero attached hydrogens (tertiary/aromatic N) is 2. The van der Waals surface area contributed by atoms with E-state index in [0.29, 0.717) is 5.75 Å². The Labute approximate surface area is 222 Å². The first-order chi connectivity index (χ1) is 16.3. The molecule has 0 saturated carbocycles. The molecule has 1 fully saturated rings. The molecule has 0 unspecified atom stereocenters. The molecule has 1 aliphatic heterocycles. The Kier molecular flexibility index (Phi) is 7.46. The lowest BCUT2D eigenvalue weighted by Gasteiger charge is -2.12. The summed E-state index contributed by atoms with van der Waals surface area (Å²) < 4.78 is 7.61. The molecule has 0 radical (unpaired) electrons. The number of nitro groups is 1. The zero-order chi connectivity index (χ0) is 24.2. The van der Waals surface area contributed by atoms with Crippen molar-refractivity contribution in [2.75, 3.05) is 0 Å². The van der Waals surface area contributed by atoms with Crippen molar-refractivity contribution in [3.05, 3.63) is 106 Å². The molecular formula is C24H17I2N3O5. The van der Waals surface area contributed by atoms with Crippen LogP contribution in [0.1, 0.15) is 16.7 Å². The fraction of sp³-hybridized carbons (Fsp3) is 0.0833. The van der Waals surface area contributed by atoms with E-state index in [2.05, 4.69) is 50.5 Å². The summed E-state index contributed by atoms with van der Waals surface area (Å²) in [6.45, 7) is 0.459. The van der Waals surface area contributed by atoms with Crippen LogP contribution in [0.4, 0.5) is 10.5 Å². The number of amides is 3. The van der Waals surface area contributed by atoms with Gasteiger partial charge in [0.25, 0.3) is 11.6 Å². The van der Waals surface area contributed by atoms with Gasteiger partial charge in [0.15, 0.2) is 0 Å². The number of carbonyl (C=O) groups is 2. The van der Waals surface area contributed by atoms with E-state index in [1.807, 2.05) is 42.5 Å². The SMILES string of the molecule is O=C1N/C(=C/c2cc(I)c(OCc3ccc([N+](=O)[O-])cc3)c(I)c2)C(=O)N1Cc1ccccc1. The van der Waals surface area contributed by atoms with Crippen LogP contribution in [0.5, 0.6) is 5.75 Å². The molecule has 0 atom stereocenters. The van der Waals surface area contributed by atoms with Gasteiger partial charge in [0.2, 0.25) is 0 Å². The van der Waals surface area contributed by atoms with Crippen LogP contribution in [-0.2, 0) is 17.9 Å². The van der Waals surface area contributed by atoms with Gasteiger partial charge >= 0.3 is 6.03 Å². The summed E-state index contributed by atoms with van der Waals surface area (Å²) in [7, 11) is 0. The number of hydrogen-bond acceptors (Lipinski definition) is 5. The fourth-order valence-corrected chi connectivity index (χ4v) is 5.45. The Hall–Kier alpha value is -3.00. The molecule has 3 aromatic rings. The smallest absolute Gasteiger partial charge is 0.329 e. The molecule has 0 bridgehead atoms. The molecule has 1 N–H and O–H groups in total. The average molecular weight is 681 g/mol. The first-order valence-electron chi connectivity index (χ1n) is 10.1. The van der Waals surface area contributed by atoms with Gasteiger partial charge in [-0.2, -0.15) is 0 Å². The van der Waals surface area contributed by atoms with Gasteiger partial charge in [-0.05, 0) is 92.2 Å². The fourth-order valence-electron chi connectivity index (χ4n) is 3.32. The van der Waals surface area contributed by atoms with Crippen LogP contribution in [0.25, 0.3) is 6.08 Å². The summed E-state index contributed by atoms with van der Waals surface area (Å²) in [5.74, 6) is 0.298. The molecule has 3 amide bonds. The second kappa shape index (κ2) is 10.5. The van der Waals surface area contributed by atoms with Crippen LogP contribution in [-0.4, -0.2) is 21.8 Å². The number of rotatable bonds is 7. The molecule has 0 spiro atoms. The maximum absolute atomic E-state index is 12.8. The lowest BCUT2D eigenvalue weighted by molar-refractivity contribution is -0.384. The number of ether oxygens (including phenoxy) is 1. The lowest BCUT2D eigenvalue weighted by atomic mass is 10.1. The Balaban J connectivity index is 1.47. The Morgan fingerprint density at radius 2 is 1.62 bits per heavy atom. The van der Waals surface area contributed by atoms with E-state index in [0.717, 1.165) is 23.8 Å². The van der Waals surface area contributed by atoms with Crippen LogP contribution < -0.4 is 10.1 Å². The third-order valence-corrected chi connectivity index (χ3v) is 6.61. The number of halogens is 2. The van der Waals surface area contributed by atoms with Crippen molar-refractivity contribution >= 4 is 68.9 Å². The first kappa shape index (κ1) is 24.1. The van der Waals surface area contributed by atoms with Gasteiger partial charge in [-0.1, -0.05) is 30.3 Å². The first-order valence-corrected chi connectivity index (χ1v) is 12.2. The second-order valence-corrected chi connectivity index (χ2v) is 9.72. The number of nitro benzene ring substituents is 1. The minimum absolute atomic E-state index is 0.0289. The van der Waals surface area contributed by atoms with Crippen molar-refractivity contribution in [1.29, 1.82) is 0 Å². The highest BCUT2D eigenvalue weighted by atomic mass is 127. The van der Waals surface area contributed by atoms with Crippen molar-refractivity contribution in [2.24, 2.45) is 0 Å². The maximum Gasteiger partial charge on any atom is 0.329 e. The van der Waals surface area contributed by atoms with Gasteiger partial charge in [0.05, 0.1) is 18.6 Å². The van der Waals surface area contributed by atoms with Crippen molar-refractivity contribution < 1.29 is 19.2 Å². The lowest BCUT2D eigenvalue weighted by Crippen LogP contribution is -2.30. The van der Waals surface area contributed by atoms with Gasteiger partial charge in [0, 0.05) is 12.1 Å². The Morgan fingerprint density at radius 3 is 2.24 bits per heavy atom. The van der Waals surface area contributed by atoms with Gasteiger partial charge < -0.3 is 10.1 Å². The molecule has 3 aromatic carbocycles. The second-order valence-electron chi connectivity index (χ2n) is 7.39. The van der Waals surface area contributed by atoms with Crippen molar-refractivity contribution in [3.63, 3.8) is 0 Å². The molecule has 10 heteroatoms. The van der Waals surface area contributed by atoms with Crippen LogP contribution in [0, 0.1) is 17.3 Å². The number of imide groups is 1. The molecule has 1 saturated heterocycles. The van der Waals surface area contributed by atoms with E-state index in [-0.39, 0.29) is 30.4 Å². The zero-order valence-corrected chi connectivity index (χ0v) is 21.8. The van der Waals surface area contributed by atoms with E-state index in [9.17, 15) is 19.7 Å². The zero-order valence-electron chi connectivity index (χ0n) is 17.5. The van der Waals surface area contributed by atoms with Crippen LogP contribution in [0.2, 0.25) is 0 Å². The Bertz CT molecular complexity index is 1270. The average Bonchev–Trinajstić information content (AvgIpc) is 3.07. The number of urea groups is 1. The summed E-state index contributed by atoms with van der Waals surface area (Å²) in [4.78, 5) is 36.7. The van der Waals surface area contributed by atoms with Gasteiger partial charge in [0.1, 0.15) is 18.1 Å². The standard InChI is InChI=1S/C24H17I2N3O5/c25-19-10-17(11-20(26)22(19)34-14-16-6-8-18(9-7-16)29(32)33)12-21-23(30)28(24(31)27-21)13-15-4-2-1-3-5-15/h1-12H,13-14H2,(H,27,31)/b21-12+. The molecule has 4 rings (SSSR count). The molecule has 0 aliphatic carbocycles. The van der Waals surface area contributed by atoms with Crippen molar-refractivity contribution in [3.8, 4) is 5.75 Å². The number of benzene rings is 3. The highest BCUT2D eigenvalue weighted by Gasteiger charge is 2.33. The van der Waals surface area contributed by atoms with Crippen molar-refractivity contribution in [2.45, 2.75) is 13.2 Å². The topological polar surface area (TPSA) is 102 Å². The highest BCUT2D eigenvalue weighted by molar-refractivity contribution is 14.1. The van der Waals surface area contributed by atoms with Crippen LogP contribution in [0.3, 0.4) is 0 Å². The van der Waals surface area contributed by atoms with Crippen LogP contribution >= 0.6 is 45.2 Å². The molecule has 8 nitrogen and oxygen atoms in total. The van der Waals surface area contributed by atoms with Gasteiger partial charge in [-0.25, -0.2) is 4.79 Å². The van der Waals surface area contributed by atoms with E-state index in [1.54, 1.807) is 18.2 Å². The maximum atomic E-state index is 12.8. The Morgan fingerprint density at radius 1 is 0.971 bits per heavy atom. The minimum Gasteiger partial charge on any atom is -0.487 e. The summed E-state index contributed by atoms with van der Waals surface area (Å²) >= 11 is 4.30.